The maximum Gasteiger partial charge on any atom is 0.119 e. The number of hydrogen-bond donors (Lipinski definition) is 2. The summed E-state index contributed by atoms with van der Waals surface area (Å²) in [5, 5.41) is 3.87. The van der Waals surface area contributed by atoms with Crippen LogP contribution in [0.25, 0.3) is 0 Å². The number of nitrogen functional groups attached to an aromatic ring is 1. The highest BCUT2D eigenvalue weighted by molar-refractivity contribution is 6.33. The first-order valence-electron chi connectivity index (χ1n) is 6.23. The van der Waals surface area contributed by atoms with Crippen LogP contribution < -0.4 is 15.8 Å². The average molecular weight is 277 g/mol. The first-order chi connectivity index (χ1) is 9.27. The van der Waals surface area contributed by atoms with Crippen LogP contribution in [-0.4, -0.2) is 13.2 Å². The quantitative estimate of drug-likeness (QED) is 0.623. The van der Waals surface area contributed by atoms with Crippen LogP contribution >= 0.6 is 11.6 Å². The van der Waals surface area contributed by atoms with E-state index in [4.69, 9.17) is 22.1 Å². The molecule has 0 fully saturated rings. The van der Waals surface area contributed by atoms with Gasteiger partial charge in [0, 0.05) is 6.54 Å². The third-order valence-electron chi connectivity index (χ3n) is 2.68. The van der Waals surface area contributed by atoms with Gasteiger partial charge in [-0.25, -0.2) is 0 Å². The Hall–Kier alpha value is -1.87. The molecule has 4 heteroatoms. The largest absolute Gasteiger partial charge is 0.494 e. The molecule has 0 aliphatic carbocycles. The van der Waals surface area contributed by atoms with E-state index in [9.17, 15) is 0 Å². The summed E-state index contributed by atoms with van der Waals surface area (Å²) in [6.07, 6.45) is 0.875. The lowest BCUT2D eigenvalue weighted by Gasteiger charge is -2.11. The van der Waals surface area contributed by atoms with Gasteiger partial charge in [-0.3, -0.25) is 0 Å². The number of nitrogens with two attached hydrogens (primary N) is 1. The fourth-order valence-electron chi connectivity index (χ4n) is 1.72. The molecule has 0 bridgehead atoms. The molecule has 0 radical (unpaired) electrons. The third kappa shape index (κ3) is 4.07. The smallest absolute Gasteiger partial charge is 0.119 e. The molecule has 0 aliphatic rings. The summed E-state index contributed by atoms with van der Waals surface area (Å²) in [4.78, 5) is 0. The van der Waals surface area contributed by atoms with Crippen molar-refractivity contribution in [3.63, 3.8) is 0 Å². The molecular weight excluding hydrogens is 260 g/mol. The number of anilines is 2. The molecule has 0 aromatic heterocycles. The standard InChI is InChI=1S/C15H17ClN2O/c16-13-8-4-9-14(17)15(13)18-10-5-11-19-12-6-2-1-3-7-12/h1-4,6-9,18H,5,10-11,17H2. The third-order valence-corrected chi connectivity index (χ3v) is 3.00. The molecule has 3 N–H and O–H groups in total. The second-order valence-electron chi connectivity index (χ2n) is 4.15. The Morgan fingerprint density at radius 3 is 2.58 bits per heavy atom. The molecule has 0 spiro atoms. The normalized spacial score (nSPS) is 10.2. The predicted molar refractivity (Wildman–Crippen MR) is 80.9 cm³/mol. The molecule has 0 heterocycles. The highest BCUT2D eigenvalue weighted by Gasteiger charge is 2.02. The lowest BCUT2D eigenvalue weighted by atomic mass is 10.2. The minimum Gasteiger partial charge on any atom is -0.494 e. The Kier molecular flexibility index (Phi) is 4.93. The Bertz CT molecular complexity index is 497. The van der Waals surface area contributed by atoms with Gasteiger partial charge in [0.05, 0.1) is 23.0 Å². The van der Waals surface area contributed by atoms with Crippen LogP contribution in [0, 0.1) is 0 Å². The van der Waals surface area contributed by atoms with Crippen molar-refractivity contribution in [2.24, 2.45) is 0 Å². The van der Waals surface area contributed by atoms with Crippen molar-refractivity contribution in [1.29, 1.82) is 0 Å². The molecule has 2 aromatic carbocycles. The van der Waals surface area contributed by atoms with Gasteiger partial charge in [0.1, 0.15) is 5.75 Å². The average Bonchev–Trinajstić information content (AvgIpc) is 2.42. The summed E-state index contributed by atoms with van der Waals surface area (Å²) in [6.45, 7) is 1.42. The fourth-order valence-corrected chi connectivity index (χ4v) is 1.97. The zero-order valence-corrected chi connectivity index (χ0v) is 11.4. The van der Waals surface area contributed by atoms with E-state index in [-0.39, 0.29) is 0 Å². The van der Waals surface area contributed by atoms with Crippen molar-refractivity contribution >= 4 is 23.0 Å². The number of para-hydroxylation sites is 2. The Labute approximate surface area is 118 Å². The van der Waals surface area contributed by atoms with E-state index in [0.717, 1.165) is 24.4 Å². The zero-order valence-electron chi connectivity index (χ0n) is 10.6. The highest BCUT2D eigenvalue weighted by Crippen LogP contribution is 2.27. The van der Waals surface area contributed by atoms with Gasteiger partial charge in [-0.15, -0.1) is 0 Å². The Morgan fingerprint density at radius 2 is 1.84 bits per heavy atom. The van der Waals surface area contributed by atoms with Crippen LogP contribution in [0.1, 0.15) is 6.42 Å². The van der Waals surface area contributed by atoms with Crippen molar-refractivity contribution in [2.75, 3.05) is 24.2 Å². The molecule has 0 amide bonds. The maximum absolute atomic E-state index is 6.06. The van der Waals surface area contributed by atoms with E-state index in [2.05, 4.69) is 5.32 Å². The van der Waals surface area contributed by atoms with Gasteiger partial charge in [-0.2, -0.15) is 0 Å². The number of hydrogen-bond acceptors (Lipinski definition) is 3. The number of nitrogens with one attached hydrogen (secondary N) is 1. The molecule has 2 aromatic rings. The molecule has 0 saturated carbocycles. The molecule has 3 nitrogen and oxygen atoms in total. The second kappa shape index (κ2) is 6.90. The lowest BCUT2D eigenvalue weighted by molar-refractivity contribution is 0.315. The minimum absolute atomic E-state index is 0.643. The summed E-state index contributed by atoms with van der Waals surface area (Å²) in [5.41, 5.74) is 7.31. The van der Waals surface area contributed by atoms with Gasteiger partial charge in [-0.05, 0) is 30.7 Å². The maximum atomic E-state index is 6.06. The molecule has 2 rings (SSSR count). The Balaban J connectivity index is 1.73. The monoisotopic (exact) mass is 276 g/mol. The van der Waals surface area contributed by atoms with Gasteiger partial charge in [0.15, 0.2) is 0 Å². The van der Waals surface area contributed by atoms with E-state index >= 15 is 0 Å². The molecule has 100 valence electrons. The molecule has 19 heavy (non-hydrogen) atoms. The molecule has 0 atom stereocenters. The zero-order chi connectivity index (χ0) is 13.5. The van der Waals surface area contributed by atoms with Crippen molar-refractivity contribution in [3.05, 3.63) is 53.6 Å². The van der Waals surface area contributed by atoms with Crippen LogP contribution in [-0.2, 0) is 0 Å². The highest BCUT2D eigenvalue weighted by atomic mass is 35.5. The Morgan fingerprint density at radius 1 is 1.05 bits per heavy atom. The number of benzene rings is 2. The number of ether oxygens (including phenoxy) is 1. The van der Waals surface area contributed by atoms with Crippen LogP contribution in [0.5, 0.6) is 5.75 Å². The summed E-state index contributed by atoms with van der Waals surface area (Å²) in [5.74, 6) is 0.889. The van der Waals surface area contributed by atoms with Crippen molar-refractivity contribution < 1.29 is 4.74 Å². The van der Waals surface area contributed by atoms with E-state index in [1.54, 1.807) is 0 Å². The number of rotatable bonds is 6. The van der Waals surface area contributed by atoms with E-state index in [1.165, 1.54) is 0 Å². The van der Waals surface area contributed by atoms with Crippen molar-refractivity contribution in [2.45, 2.75) is 6.42 Å². The SMILES string of the molecule is Nc1cccc(Cl)c1NCCCOc1ccccc1. The molecule has 0 unspecified atom stereocenters. The summed E-state index contributed by atoms with van der Waals surface area (Å²) in [7, 11) is 0. The molecule has 0 saturated heterocycles. The predicted octanol–water partition coefficient (Wildman–Crippen LogP) is 3.80. The minimum atomic E-state index is 0.643. The fraction of sp³-hybridized carbons (Fsp3) is 0.200. The molecular formula is C15H17ClN2O. The number of halogens is 1. The van der Waals surface area contributed by atoms with Crippen molar-refractivity contribution in [3.8, 4) is 5.75 Å². The summed E-state index contributed by atoms with van der Waals surface area (Å²) < 4.78 is 5.60. The molecule has 0 aliphatic heterocycles. The van der Waals surface area contributed by atoms with Gasteiger partial charge in [-0.1, -0.05) is 35.9 Å². The van der Waals surface area contributed by atoms with Crippen LogP contribution in [0.2, 0.25) is 5.02 Å². The van der Waals surface area contributed by atoms with Crippen LogP contribution in [0.3, 0.4) is 0 Å². The van der Waals surface area contributed by atoms with E-state index < -0.39 is 0 Å². The summed E-state index contributed by atoms with van der Waals surface area (Å²) in [6, 6.07) is 15.3. The first kappa shape index (κ1) is 13.6. The van der Waals surface area contributed by atoms with Gasteiger partial charge < -0.3 is 15.8 Å². The van der Waals surface area contributed by atoms with Crippen LogP contribution in [0.15, 0.2) is 48.5 Å². The van der Waals surface area contributed by atoms with E-state index in [1.807, 2.05) is 48.5 Å². The van der Waals surface area contributed by atoms with Gasteiger partial charge >= 0.3 is 0 Å². The van der Waals surface area contributed by atoms with Gasteiger partial charge in [0.2, 0.25) is 0 Å². The second-order valence-corrected chi connectivity index (χ2v) is 4.55. The lowest BCUT2D eigenvalue weighted by Crippen LogP contribution is -2.09. The van der Waals surface area contributed by atoms with Crippen LogP contribution in [0.4, 0.5) is 11.4 Å². The van der Waals surface area contributed by atoms with E-state index in [0.29, 0.717) is 17.3 Å². The summed E-state index contributed by atoms with van der Waals surface area (Å²) >= 11 is 6.06. The topological polar surface area (TPSA) is 47.3 Å². The first-order valence-corrected chi connectivity index (χ1v) is 6.61. The van der Waals surface area contributed by atoms with Gasteiger partial charge in [0.25, 0.3) is 0 Å². The van der Waals surface area contributed by atoms with Crippen molar-refractivity contribution in [1.82, 2.24) is 0 Å².